The van der Waals surface area contributed by atoms with Gasteiger partial charge in [0.1, 0.15) is 11.6 Å². The third kappa shape index (κ3) is 10.9. The Balaban J connectivity index is 3.93. The summed E-state index contributed by atoms with van der Waals surface area (Å²) in [6.07, 6.45) is 4.52. The maximum atomic E-state index is 11.9. The van der Waals surface area contributed by atoms with Gasteiger partial charge in [0.15, 0.2) is 0 Å². The second-order valence-corrected chi connectivity index (χ2v) is 7.85. The number of hydrogen-bond donors (Lipinski definition) is 2. The van der Waals surface area contributed by atoms with Crippen LogP contribution in [0.1, 0.15) is 79.1 Å². The van der Waals surface area contributed by atoms with Gasteiger partial charge in [-0.1, -0.05) is 27.7 Å². The number of rotatable bonds is 13. The molecule has 0 saturated heterocycles. The Morgan fingerprint density at radius 1 is 0.636 bits per heavy atom. The van der Waals surface area contributed by atoms with E-state index in [-0.39, 0.29) is 35.6 Å². The molecule has 0 rings (SSSR count). The van der Waals surface area contributed by atoms with Crippen LogP contribution < -0.4 is 0 Å². The molecule has 0 fully saturated rings. The Bertz CT molecular complexity index is 311. The molecule has 2 N–H and O–H groups in total. The van der Waals surface area contributed by atoms with E-state index in [9.17, 15) is 9.59 Å². The molecule has 0 bridgehead atoms. The van der Waals surface area contributed by atoms with Crippen molar-refractivity contribution in [3.63, 3.8) is 0 Å². The lowest BCUT2D eigenvalue weighted by Gasteiger charge is -2.23. The van der Waals surface area contributed by atoms with E-state index in [1.165, 1.54) is 0 Å². The molecule has 0 aromatic rings. The number of carbonyl (C=O) groups excluding carboxylic acids is 2. The molecule has 0 aliphatic rings. The van der Waals surface area contributed by atoms with E-state index >= 15 is 0 Å². The Labute approximate surface area is 135 Å². The van der Waals surface area contributed by atoms with E-state index in [0.717, 1.165) is 12.8 Å². The van der Waals surface area contributed by atoms with E-state index in [4.69, 9.17) is 10.2 Å². The fraction of sp³-hybridized carbons (Fsp3) is 0.889. The lowest BCUT2D eigenvalue weighted by molar-refractivity contribution is -0.124. The van der Waals surface area contributed by atoms with Crippen LogP contribution in [0.5, 0.6) is 0 Å². The number of ketones is 2. The van der Waals surface area contributed by atoms with E-state index in [0.29, 0.717) is 38.5 Å². The molecular weight excluding hydrogens is 280 g/mol. The first kappa shape index (κ1) is 21.3. The zero-order valence-corrected chi connectivity index (χ0v) is 14.8. The van der Waals surface area contributed by atoms with Crippen molar-refractivity contribution < 1.29 is 19.8 Å². The summed E-state index contributed by atoms with van der Waals surface area (Å²) in [7, 11) is 0. The molecule has 0 aliphatic carbocycles. The Morgan fingerprint density at radius 3 is 1.23 bits per heavy atom. The second kappa shape index (κ2) is 10.1. The number of aliphatic hydroxyl groups excluding tert-OH is 2. The van der Waals surface area contributed by atoms with E-state index < -0.39 is 0 Å². The Kier molecular flexibility index (Phi) is 9.77. The van der Waals surface area contributed by atoms with Crippen LogP contribution in [0.25, 0.3) is 0 Å². The van der Waals surface area contributed by atoms with Gasteiger partial charge in [-0.15, -0.1) is 0 Å². The van der Waals surface area contributed by atoms with Crippen molar-refractivity contribution in [1.29, 1.82) is 0 Å². The molecule has 4 heteroatoms. The smallest absolute Gasteiger partial charge is 0.133 e. The molecule has 0 atom stereocenters. The van der Waals surface area contributed by atoms with Gasteiger partial charge in [0.05, 0.1) is 0 Å². The summed E-state index contributed by atoms with van der Waals surface area (Å²) in [5.74, 6) is 0.267. The molecule has 22 heavy (non-hydrogen) atoms. The first-order valence-corrected chi connectivity index (χ1v) is 8.37. The summed E-state index contributed by atoms with van der Waals surface area (Å²) in [5, 5.41) is 17.9. The largest absolute Gasteiger partial charge is 0.396 e. The van der Waals surface area contributed by atoms with Crippen molar-refractivity contribution in [2.45, 2.75) is 79.1 Å². The zero-order chi connectivity index (χ0) is 17.2. The normalized spacial score (nSPS) is 12.5. The van der Waals surface area contributed by atoms with Crippen molar-refractivity contribution in [2.24, 2.45) is 10.8 Å². The van der Waals surface area contributed by atoms with Gasteiger partial charge < -0.3 is 10.2 Å². The van der Waals surface area contributed by atoms with E-state index in [2.05, 4.69) is 0 Å². The zero-order valence-electron chi connectivity index (χ0n) is 14.8. The molecule has 0 saturated carbocycles. The summed E-state index contributed by atoms with van der Waals surface area (Å²) in [6, 6.07) is 0. The summed E-state index contributed by atoms with van der Waals surface area (Å²) < 4.78 is 0. The molecular formula is C18H34O4. The summed E-state index contributed by atoms with van der Waals surface area (Å²) in [4.78, 5) is 23.7. The van der Waals surface area contributed by atoms with Crippen molar-refractivity contribution >= 4 is 11.6 Å². The standard InChI is InChI=1S/C18H34O4/c1-17(2,11-13-19)9-7-15(21)5-6-16(22)8-10-18(3,4)12-14-20/h19-20H,5-14H2,1-4H3. The molecule has 4 nitrogen and oxygen atoms in total. The monoisotopic (exact) mass is 314 g/mol. The van der Waals surface area contributed by atoms with Crippen LogP contribution in [-0.4, -0.2) is 35.0 Å². The van der Waals surface area contributed by atoms with Gasteiger partial charge in [-0.2, -0.15) is 0 Å². The molecule has 0 heterocycles. The molecule has 0 aromatic carbocycles. The van der Waals surface area contributed by atoms with Crippen LogP contribution in [0.3, 0.4) is 0 Å². The fourth-order valence-corrected chi connectivity index (χ4v) is 2.34. The number of aliphatic hydroxyl groups is 2. The summed E-state index contributed by atoms with van der Waals surface area (Å²) in [6.45, 7) is 8.47. The maximum absolute atomic E-state index is 11.9. The molecule has 0 spiro atoms. The summed E-state index contributed by atoms with van der Waals surface area (Å²) >= 11 is 0. The van der Waals surface area contributed by atoms with Crippen molar-refractivity contribution in [1.82, 2.24) is 0 Å². The predicted octanol–water partition coefficient (Wildman–Crippen LogP) is 3.28. The van der Waals surface area contributed by atoms with Gasteiger partial charge in [0.25, 0.3) is 0 Å². The van der Waals surface area contributed by atoms with Gasteiger partial charge >= 0.3 is 0 Å². The van der Waals surface area contributed by atoms with Crippen LogP contribution in [-0.2, 0) is 9.59 Å². The average molecular weight is 314 g/mol. The van der Waals surface area contributed by atoms with Gasteiger partial charge in [-0.25, -0.2) is 0 Å². The first-order chi connectivity index (χ1) is 10.1. The van der Waals surface area contributed by atoms with Gasteiger partial charge in [0.2, 0.25) is 0 Å². The van der Waals surface area contributed by atoms with Crippen LogP contribution in [0, 0.1) is 10.8 Å². The molecule has 0 amide bonds. The third-order valence-corrected chi connectivity index (χ3v) is 4.42. The van der Waals surface area contributed by atoms with Crippen LogP contribution in [0.4, 0.5) is 0 Å². The number of hydrogen-bond acceptors (Lipinski definition) is 4. The Morgan fingerprint density at radius 2 is 0.955 bits per heavy atom. The van der Waals surface area contributed by atoms with Crippen molar-refractivity contribution in [3.8, 4) is 0 Å². The van der Waals surface area contributed by atoms with Crippen molar-refractivity contribution in [3.05, 3.63) is 0 Å². The highest BCUT2D eigenvalue weighted by atomic mass is 16.3. The van der Waals surface area contributed by atoms with E-state index in [1.54, 1.807) is 0 Å². The van der Waals surface area contributed by atoms with Gasteiger partial charge in [0, 0.05) is 38.9 Å². The fourth-order valence-electron chi connectivity index (χ4n) is 2.34. The van der Waals surface area contributed by atoms with Gasteiger partial charge in [-0.3, -0.25) is 9.59 Å². The van der Waals surface area contributed by atoms with Crippen molar-refractivity contribution in [2.75, 3.05) is 13.2 Å². The highest BCUT2D eigenvalue weighted by Crippen LogP contribution is 2.28. The van der Waals surface area contributed by atoms with Gasteiger partial charge in [-0.05, 0) is 36.5 Å². The SMILES string of the molecule is CC(C)(CCO)CCC(=O)CCC(=O)CCC(C)(C)CCO. The molecule has 0 unspecified atom stereocenters. The molecule has 0 aliphatic heterocycles. The Hall–Kier alpha value is -0.740. The minimum absolute atomic E-state index is 0.0251. The molecule has 0 aromatic heterocycles. The summed E-state index contributed by atoms with van der Waals surface area (Å²) in [5.41, 5.74) is -0.0501. The quantitative estimate of drug-likeness (QED) is 0.547. The average Bonchev–Trinajstić information content (AvgIpc) is 2.41. The first-order valence-electron chi connectivity index (χ1n) is 8.37. The van der Waals surface area contributed by atoms with E-state index in [1.807, 2.05) is 27.7 Å². The minimum Gasteiger partial charge on any atom is -0.396 e. The topological polar surface area (TPSA) is 74.6 Å². The van der Waals surface area contributed by atoms with Crippen LogP contribution in [0.2, 0.25) is 0 Å². The molecule has 130 valence electrons. The lowest BCUT2D eigenvalue weighted by Crippen LogP contribution is -2.17. The lowest BCUT2D eigenvalue weighted by atomic mass is 9.83. The third-order valence-electron chi connectivity index (χ3n) is 4.42. The predicted molar refractivity (Wildman–Crippen MR) is 88.7 cm³/mol. The molecule has 0 radical (unpaired) electrons. The minimum atomic E-state index is -0.0251. The highest BCUT2D eigenvalue weighted by molar-refractivity contribution is 5.85. The highest BCUT2D eigenvalue weighted by Gasteiger charge is 2.20. The maximum Gasteiger partial charge on any atom is 0.133 e. The van der Waals surface area contributed by atoms with Crippen LogP contribution >= 0.6 is 0 Å². The number of carbonyl (C=O) groups is 2. The second-order valence-electron chi connectivity index (χ2n) is 7.85. The van der Waals surface area contributed by atoms with Crippen LogP contribution in [0.15, 0.2) is 0 Å². The number of Topliss-reactive ketones (excluding diaryl/α,β-unsaturated/α-hetero) is 2.